The van der Waals surface area contributed by atoms with E-state index in [-0.39, 0.29) is 17.7 Å². The van der Waals surface area contributed by atoms with Crippen LogP contribution in [-0.4, -0.2) is 83.1 Å². The SMILES string of the molecule is CCN(CCN(C)C(=O)CN1CC[C@@H](C(=O)Nc2ccc3[nH]nc(-c4ccccc4)c3c2)C1)c1nc2ccccc2s1. The average molecular weight is 582 g/mol. The van der Waals surface area contributed by atoms with Gasteiger partial charge in [-0.25, -0.2) is 4.98 Å². The molecule has 3 aromatic carbocycles. The number of H-pyrrole nitrogens is 1. The maximum absolute atomic E-state index is 13.2. The van der Waals surface area contributed by atoms with Gasteiger partial charge in [0.05, 0.1) is 33.9 Å². The quantitative estimate of drug-likeness (QED) is 0.239. The van der Waals surface area contributed by atoms with Crippen molar-refractivity contribution in [2.45, 2.75) is 13.3 Å². The fraction of sp³-hybridized carbons (Fsp3) is 0.312. The Balaban J connectivity index is 1.01. The largest absolute Gasteiger partial charge is 0.347 e. The van der Waals surface area contributed by atoms with E-state index in [2.05, 4.69) is 38.3 Å². The highest BCUT2D eigenvalue weighted by atomic mass is 32.1. The Bertz CT molecular complexity index is 1670. The van der Waals surface area contributed by atoms with Gasteiger partial charge in [-0.3, -0.25) is 19.6 Å². The molecule has 1 aliphatic heterocycles. The van der Waals surface area contributed by atoms with Gasteiger partial charge in [-0.05, 0) is 50.2 Å². The van der Waals surface area contributed by atoms with Gasteiger partial charge in [-0.15, -0.1) is 0 Å². The number of amides is 2. The molecule has 0 aliphatic carbocycles. The Morgan fingerprint density at radius 3 is 2.69 bits per heavy atom. The minimum atomic E-state index is -0.161. The van der Waals surface area contributed by atoms with Crippen LogP contribution in [0.4, 0.5) is 10.8 Å². The fourth-order valence-corrected chi connectivity index (χ4v) is 6.49. The number of nitrogens with zero attached hydrogens (tertiary/aromatic N) is 5. The Kier molecular flexibility index (Phi) is 8.16. The molecule has 6 rings (SSSR count). The first-order valence-corrected chi connectivity index (χ1v) is 15.2. The smallest absolute Gasteiger partial charge is 0.236 e. The lowest BCUT2D eigenvalue weighted by molar-refractivity contribution is -0.131. The highest BCUT2D eigenvalue weighted by Crippen LogP contribution is 2.30. The van der Waals surface area contributed by atoms with Gasteiger partial charge in [0.15, 0.2) is 5.13 Å². The fourth-order valence-electron chi connectivity index (χ4n) is 5.43. The first-order valence-electron chi connectivity index (χ1n) is 14.4. The van der Waals surface area contributed by atoms with E-state index in [1.807, 2.05) is 73.8 Å². The predicted octanol–water partition coefficient (Wildman–Crippen LogP) is 5.08. The summed E-state index contributed by atoms with van der Waals surface area (Å²) in [5, 5.41) is 12.6. The maximum atomic E-state index is 13.2. The molecule has 0 saturated carbocycles. The summed E-state index contributed by atoms with van der Waals surface area (Å²) in [7, 11) is 1.85. The van der Waals surface area contributed by atoms with E-state index < -0.39 is 0 Å². The third kappa shape index (κ3) is 6.00. The Labute approximate surface area is 249 Å². The molecule has 2 N–H and O–H groups in total. The number of nitrogens with one attached hydrogen (secondary N) is 2. The Hall–Kier alpha value is -4.28. The first-order chi connectivity index (χ1) is 20.5. The molecule has 216 valence electrons. The second-order valence-corrected chi connectivity index (χ2v) is 11.8. The number of thiazole rings is 1. The van der Waals surface area contributed by atoms with Gasteiger partial charge in [-0.2, -0.15) is 5.10 Å². The number of hydrogen-bond acceptors (Lipinski definition) is 7. The number of likely N-dealkylation sites (tertiary alicyclic amines) is 1. The van der Waals surface area contributed by atoms with E-state index in [4.69, 9.17) is 4.98 Å². The summed E-state index contributed by atoms with van der Waals surface area (Å²) in [6, 6.07) is 24.0. The van der Waals surface area contributed by atoms with Crippen molar-refractivity contribution in [3.05, 3.63) is 72.8 Å². The lowest BCUT2D eigenvalue weighted by Crippen LogP contribution is -2.41. The number of hydrogen-bond donors (Lipinski definition) is 2. The summed E-state index contributed by atoms with van der Waals surface area (Å²) in [6.45, 7) is 5.88. The number of rotatable bonds is 10. The van der Waals surface area contributed by atoms with Crippen LogP contribution in [0.1, 0.15) is 13.3 Å². The second kappa shape index (κ2) is 12.3. The van der Waals surface area contributed by atoms with Crippen LogP contribution in [0, 0.1) is 5.92 Å². The van der Waals surface area contributed by atoms with Crippen LogP contribution in [0.15, 0.2) is 72.8 Å². The molecule has 1 atom stereocenters. The molecule has 9 nitrogen and oxygen atoms in total. The van der Waals surface area contributed by atoms with E-state index >= 15 is 0 Å². The monoisotopic (exact) mass is 581 g/mol. The summed E-state index contributed by atoms with van der Waals surface area (Å²) >= 11 is 1.68. The molecule has 2 amide bonds. The molecule has 0 bridgehead atoms. The normalized spacial score (nSPS) is 15.3. The zero-order valence-electron chi connectivity index (χ0n) is 23.9. The molecule has 0 spiro atoms. The van der Waals surface area contributed by atoms with Crippen LogP contribution in [0.2, 0.25) is 0 Å². The molecule has 3 heterocycles. The van der Waals surface area contributed by atoms with Crippen LogP contribution in [0.25, 0.3) is 32.4 Å². The topological polar surface area (TPSA) is 97.5 Å². The minimum absolute atomic E-state index is 0.0168. The molecular formula is C32H35N7O2S. The lowest BCUT2D eigenvalue weighted by atomic mass is 10.1. The van der Waals surface area contributed by atoms with Gasteiger partial charge < -0.3 is 15.1 Å². The van der Waals surface area contributed by atoms with Crippen LogP contribution in [0.5, 0.6) is 0 Å². The number of likely N-dealkylation sites (N-methyl/N-ethyl adjacent to an activating group) is 2. The van der Waals surface area contributed by atoms with E-state index in [0.29, 0.717) is 19.6 Å². The molecule has 0 radical (unpaired) electrons. The number of benzene rings is 3. The molecular weight excluding hydrogens is 546 g/mol. The summed E-state index contributed by atoms with van der Waals surface area (Å²) in [6.07, 6.45) is 0.729. The number of anilines is 2. The van der Waals surface area contributed by atoms with Gasteiger partial charge in [0.2, 0.25) is 11.8 Å². The zero-order valence-corrected chi connectivity index (χ0v) is 24.7. The van der Waals surface area contributed by atoms with Crippen molar-refractivity contribution >= 4 is 55.1 Å². The summed E-state index contributed by atoms with van der Waals surface area (Å²) in [5.74, 6) is -0.113. The molecule has 1 fully saturated rings. The average Bonchev–Trinajstić information content (AvgIpc) is 3.76. The van der Waals surface area contributed by atoms with E-state index in [0.717, 1.165) is 64.6 Å². The van der Waals surface area contributed by atoms with Gasteiger partial charge in [0, 0.05) is 49.9 Å². The Morgan fingerprint density at radius 1 is 1.07 bits per heavy atom. The number of carbonyl (C=O) groups excluding carboxylic acids is 2. The molecule has 2 aromatic heterocycles. The van der Waals surface area contributed by atoms with Crippen LogP contribution in [-0.2, 0) is 9.59 Å². The predicted molar refractivity (Wildman–Crippen MR) is 170 cm³/mol. The van der Waals surface area contributed by atoms with Crippen molar-refractivity contribution in [1.82, 2.24) is 25.0 Å². The van der Waals surface area contributed by atoms with Crippen molar-refractivity contribution in [2.24, 2.45) is 5.92 Å². The third-order valence-electron chi connectivity index (χ3n) is 7.95. The van der Waals surface area contributed by atoms with Gasteiger partial charge in [0.1, 0.15) is 0 Å². The van der Waals surface area contributed by atoms with Crippen molar-refractivity contribution < 1.29 is 9.59 Å². The summed E-state index contributed by atoms with van der Waals surface area (Å²) in [5.41, 5.74) is 4.55. The van der Waals surface area contributed by atoms with Gasteiger partial charge in [0.25, 0.3) is 0 Å². The van der Waals surface area contributed by atoms with Gasteiger partial charge >= 0.3 is 0 Å². The zero-order chi connectivity index (χ0) is 29.1. The van der Waals surface area contributed by atoms with E-state index in [1.165, 1.54) is 4.70 Å². The molecule has 42 heavy (non-hydrogen) atoms. The number of carbonyl (C=O) groups is 2. The standard InChI is InChI=1S/C32H35N7O2S/c1-3-39(32-34-27-11-7-8-12-28(27)42-32)18-17-37(2)29(40)21-38-16-15-23(20-38)31(41)33-24-13-14-26-25(19-24)30(36-35-26)22-9-5-4-6-10-22/h4-14,19,23H,3,15-18,20-21H2,1-2H3,(H,33,41)(H,35,36)/t23-/m1/s1. The van der Waals surface area contributed by atoms with Crippen molar-refractivity contribution in [1.29, 1.82) is 0 Å². The highest BCUT2D eigenvalue weighted by molar-refractivity contribution is 7.22. The lowest BCUT2D eigenvalue weighted by Gasteiger charge is -2.25. The van der Waals surface area contributed by atoms with Crippen LogP contribution >= 0.6 is 11.3 Å². The molecule has 5 aromatic rings. The van der Waals surface area contributed by atoms with Crippen molar-refractivity contribution in [2.75, 3.05) is 56.5 Å². The minimum Gasteiger partial charge on any atom is -0.347 e. The number of para-hydroxylation sites is 1. The van der Waals surface area contributed by atoms with Crippen LogP contribution in [0.3, 0.4) is 0 Å². The summed E-state index contributed by atoms with van der Waals surface area (Å²) in [4.78, 5) is 37.0. The molecule has 1 saturated heterocycles. The van der Waals surface area contributed by atoms with Crippen molar-refractivity contribution in [3.63, 3.8) is 0 Å². The van der Waals surface area contributed by atoms with E-state index in [9.17, 15) is 9.59 Å². The van der Waals surface area contributed by atoms with Gasteiger partial charge in [-0.1, -0.05) is 53.8 Å². The first kappa shape index (κ1) is 27.9. The maximum Gasteiger partial charge on any atom is 0.236 e. The van der Waals surface area contributed by atoms with Crippen LogP contribution < -0.4 is 10.2 Å². The number of aromatic amines is 1. The Morgan fingerprint density at radius 2 is 1.88 bits per heavy atom. The molecule has 10 heteroatoms. The van der Waals surface area contributed by atoms with Crippen molar-refractivity contribution in [3.8, 4) is 11.3 Å². The third-order valence-corrected chi connectivity index (χ3v) is 9.04. The molecule has 0 unspecified atom stereocenters. The molecule has 1 aliphatic rings. The number of aromatic nitrogens is 3. The second-order valence-electron chi connectivity index (χ2n) is 10.8. The number of fused-ring (bicyclic) bond motifs is 2. The highest BCUT2D eigenvalue weighted by Gasteiger charge is 2.30. The summed E-state index contributed by atoms with van der Waals surface area (Å²) < 4.78 is 1.17. The van der Waals surface area contributed by atoms with E-state index in [1.54, 1.807) is 16.2 Å².